The molecule has 0 bridgehead atoms. The van der Waals surface area contributed by atoms with Crippen molar-refractivity contribution in [2.24, 2.45) is 34.5 Å². The van der Waals surface area contributed by atoms with Gasteiger partial charge in [-0.1, -0.05) is 32.8 Å². The molecule has 0 N–H and O–H groups in total. The van der Waals surface area contributed by atoms with Crippen LogP contribution in [-0.2, 0) is 4.79 Å². The molecule has 0 radical (unpaired) electrons. The maximum atomic E-state index is 11.9. The first kappa shape index (κ1) is 15.0. The Balaban J connectivity index is 1.67. The van der Waals surface area contributed by atoms with Crippen LogP contribution in [0.5, 0.6) is 0 Å². The van der Waals surface area contributed by atoms with Gasteiger partial charge in [-0.05, 0) is 85.5 Å². The Hall–Kier alpha value is -0.590. The van der Waals surface area contributed by atoms with Crippen LogP contribution in [0.15, 0.2) is 11.6 Å². The minimum Gasteiger partial charge on any atom is -0.295 e. The largest absolute Gasteiger partial charge is 0.295 e. The molecule has 1 nitrogen and oxygen atoms in total. The minimum atomic E-state index is 0.350. The van der Waals surface area contributed by atoms with E-state index in [2.05, 4.69) is 20.8 Å². The van der Waals surface area contributed by atoms with E-state index in [4.69, 9.17) is 0 Å². The molecule has 22 heavy (non-hydrogen) atoms. The van der Waals surface area contributed by atoms with E-state index < -0.39 is 0 Å². The average molecular weight is 300 g/mol. The highest BCUT2D eigenvalue weighted by Crippen LogP contribution is 2.66. The number of hydrogen-bond acceptors (Lipinski definition) is 1. The molecule has 6 atom stereocenters. The van der Waals surface area contributed by atoms with Crippen LogP contribution < -0.4 is 0 Å². The first-order chi connectivity index (χ1) is 10.5. The summed E-state index contributed by atoms with van der Waals surface area (Å²) in [7, 11) is 0. The predicted octanol–water partition coefficient (Wildman–Crippen LogP) is 5.54. The van der Waals surface area contributed by atoms with Gasteiger partial charge in [-0.15, -0.1) is 0 Å². The Morgan fingerprint density at radius 1 is 1.05 bits per heavy atom. The fourth-order valence-electron chi connectivity index (χ4n) is 7.34. The van der Waals surface area contributed by atoms with Gasteiger partial charge in [-0.2, -0.15) is 0 Å². The molecule has 4 aliphatic rings. The predicted molar refractivity (Wildman–Crippen MR) is 90.5 cm³/mol. The highest BCUT2D eigenvalue weighted by molar-refractivity contribution is 5.91. The Labute approximate surface area is 135 Å². The molecule has 0 saturated heterocycles. The zero-order valence-corrected chi connectivity index (χ0v) is 14.7. The Bertz CT molecular complexity index is 518. The first-order valence-corrected chi connectivity index (χ1v) is 9.73. The maximum absolute atomic E-state index is 11.9. The first-order valence-electron chi connectivity index (χ1n) is 9.73. The van der Waals surface area contributed by atoms with Gasteiger partial charge in [0.05, 0.1) is 0 Å². The molecule has 0 aliphatic heterocycles. The number of ketones is 1. The van der Waals surface area contributed by atoms with Crippen molar-refractivity contribution in [3.8, 4) is 0 Å². The average Bonchev–Trinajstić information content (AvgIpc) is 2.84. The van der Waals surface area contributed by atoms with Crippen molar-refractivity contribution < 1.29 is 4.79 Å². The second-order valence-corrected chi connectivity index (χ2v) is 9.20. The third kappa shape index (κ3) is 1.86. The van der Waals surface area contributed by atoms with Crippen LogP contribution in [0.4, 0.5) is 0 Å². The molecule has 1 heteroatoms. The molecular formula is C21H32O. The zero-order valence-electron chi connectivity index (χ0n) is 14.7. The van der Waals surface area contributed by atoms with E-state index in [1.807, 2.05) is 6.08 Å². The molecule has 0 heterocycles. The van der Waals surface area contributed by atoms with E-state index in [9.17, 15) is 4.79 Å². The second-order valence-electron chi connectivity index (χ2n) is 9.20. The van der Waals surface area contributed by atoms with Crippen molar-refractivity contribution in [2.75, 3.05) is 0 Å². The lowest BCUT2D eigenvalue weighted by Gasteiger charge is -2.58. The fourth-order valence-corrected chi connectivity index (χ4v) is 7.34. The van der Waals surface area contributed by atoms with Gasteiger partial charge in [0.15, 0.2) is 5.78 Å². The lowest BCUT2D eigenvalue weighted by Crippen LogP contribution is -2.50. The molecule has 4 aliphatic carbocycles. The van der Waals surface area contributed by atoms with Gasteiger partial charge in [-0.25, -0.2) is 0 Å². The van der Waals surface area contributed by atoms with Gasteiger partial charge in [0.1, 0.15) is 0 Å². The molecule has 0 aromatic heterocycles. The van der Waals surface area contributed by atoms with Crippen molar-refractivity contribution in [1.82, 2.24) is 0 Å². The normalized spacial score (nSPS) is 50.9. The lowest BCUT2D eigenvalue weighted by atomic mass is 9.47. The van der Waals surface area contributed by atoms with Crippen LogP contribution in [0.3, 0.4) is 0 Å². The van der Waals surface area contributed by atoms with Gasteiger partial charge in [0, 0.05) is 6.42 Å². The highest BCUT2D eigenvalue weighted by Gasteiger charge is 2.58. The summed E-state index contributed by atoms with van der Waals surface area (Å²) in [5, 5.41) is 0. The number of hydrogen-bond donors (Lipinski definition) is 0. The van der Waals surface area contributed by atoms with Gasteiger partial charge in [0.2, 0.25) is 0 Å². The van der Waals surface area contributed by atoms with Crippen LogP contribution in [0.1, 0.15) is 78.6 Å². The molecule has 4 unspecified atom stereocenters. The molecular weight excluding hydrogens is 268 g/mol. The van der Waals surface area contributed by atoms with Gasteiger partial charge in [0.25, 0.3) is 0 Å². The summed E-state index contributed by atoms with van der Waals surface area (Å²) in [6.45, 7) is 7.52. The van der Waals surface area contributed by atoms with E-state index in [1.54, 1.807) is 0 Å². The number of carbonyl (C=O) groups is 1. The molecule has 3 saturated carbocycles. The highest BCUT2D eigenvalue weighted by atomic mass is 16.1. The minimum absolute atomic E-state index is 0.350. The zero-order chi connectivity index (χ0) is 15.5. The van der Waals surface area contributed by atoms with E-state index in [-0.39, 0.29) is 0 Å². The molecule has 0 aromatic rings. The summed E-state index contributed by atoms with van der Waals surface area (Å²) >= 11 is 0. The van der Waals surface area contributed by atoms with E-state index >= 15 is 0 Å². The van der Waals surface area contributed by atoms with E-state index in [0.29, 0.717) is 16.6 Å². The van der Waals surface area contributed by atoms with Crippen molar-refractivity contribution in [1.29, 1.82) is 0 Å². The van der Waals surface area contributed by atoms with Crippen molar-refractivity contribution >= 4 is 5.78 Å². The van der Waals surface area contributed by atoms with Gasteiger partial charge >= 0.3 is 0 Å². The Morgan fingerprint density at radius 3 is 2.64 bits per heavy atom. The van der Waals surface area contributed by atoms with Crippen molar-refractivity contribution in [2.45, 2.75) is 78.6 Å². The van der Waals surface area contributed by atoms with Crippen molar-refractivity contribution in [3.05, 3.63) is 11.6 Å². The summed E-state index contributed by atoms with van der Waals surface area (Å²) in [6, 6.07) is 0. The number of fused-ring (bicyclic) bond motifs is 5. The van der Waals surface area contributed by atoms with Crippen LogP contribution in [-0.4, -0.2) is 5.78 Å². The monoisotopic (exact) mass is 300 g/mol. The quantitative estimate of drug-likeness (QED) is 0.621. The Morgan fingerprint density at radius 2 is 1.86 bits per heavy atom. The third-order valence-electron chi connectivity index (χ3n) is 8.65. The Kier molecular flexibility index (Phi) is 3.37. The summed E-state index contributed by atoms with van der Waals surface area (Å²) in [5.41, 5.74) is 2.49. The summed E-state index contributed by atoms with van der Waals surface area (Å²) in [5.74, 6) is 4.11. The smallest absolute Gasteiger partial charge is 0.155 e. The SMILES string of the molecule is CC[C@@H]1CCC2C3CCC4=CC(=O)CC[C@]4(C)C3CCC21C. The van der Waals surface area contributed by atoms with Crippen LogP contribution in [0.25, 0.3) is 0 Å². The van der Waals surface area contributed by atoms with E-state index in [1.165, 1.54) is 50.5 Å². The van der Waals surface area contributed by atoms with E-state index in [0.717, 1.165) is 36.5 Å². The molecule has 3 fully saturated rings. The van der Waals surface area contributed by atoms with Crippen molar-refractivity contribution in [3.63, 3.8) is 0 Å². The molecule has 122 valence electrons. The molecule has 0 aromatic carbocycles. The summed E-state index contributed by atoms with van der Waals surface area (Å²) in [6.07, 6.45) is 13.7. The van der Waals surface area contributed by atoms with Crippen LogP contribution in [0.2, 0.25) is 0 Å². The standard InChI is InChI=1S/C21H32O/c1-4-14-6-8-18-17-7-5-15-13-16(22)9-11-21(15,3)19(17)10-12-20(14,18)2/h13-14,17-19H,4-12H2,1-3H3/t14-,17?,18?,19?,20?,21+/m1/s1. The van der Waals surface area contributed by atoms with Crippen LogP contribution >= 0.6 is 0 Å². The van der Waals surface area contributed by atoms with Crippen LogP contribution in [0, 0.1) is 34.5 Å². The number of allylic oxidation sites excluding steroid dienone is 1. The molecule has 0 amide bonds. The maximum Gasteiger partial charge on any atom is 0.155 e. The summed E-state index contributed by atoms with van der Waals surface area (Å²) in [4.78, 5) is 11.9. The molecule has 0 spiro atoms. The molecule has 4 rings (SSSR count). The van der Waals surface area contributed by atoms with Gasteiger partial charge < -0.3 is 0 Å². The topological polar surface area (TPSA) is 17.1 Å². The number of carbonyl (C=O) groups excluding carboxylic acids is 1. The third-order valence-corrected chi connectivity index (χ3v) is 8.65. The van der Waals surface area contributed by atoms with Gasteiger partial charge in [-0.3, -0.25) is 4.79 Å². The fraction of sp³-hybridized carbons (Fsp3) is 0.857. The number of rotatable bonds is 1. The summed E-state index contributed by atoms with van der Waals surface area (Å²) < 4.78 is 0. The lowest BCUT2D eigenvalue weighted by molar-refractivity contribution is -0.117. The second kappa shape index (κ2) is 4.95.